The minimum atomic E-state index is -1.25. The van der Waals surface area contributed by atoms with Crippen molar-refractivity contribution in [1.82, 2.24) is 16.0 Å². The van der Waals surface area contributed by atoms with Gasteiger partial charge in [0.2, 0.25) is 17.7 Å². The van der Waals surface area contributed by atoms with Gasteiger partial charge < -0.3 is 31.9 Å². The number of hydrogen-bond donors (Lipinski definition) is 6. The van der Waals surface area contributed by atoms with E-state index in [0.29, 0.717) is 18.4 Å². The van der Waals surface area contributed by atoms with Crippen molar-refractivity contribution in [3.8, 4) is 5.75 Å². The molecule has 0 bridgehead atoms. The van der Waals surface area contributed by atoms with Gasteiger partial charge in [0.1, 0.15) is 23.9 Å². The zero-order valence-corrected chi connectivity index (χ0v) is 22.9. The fourth-order valence-corrected chi connectivity index (χ4v) is 4.03. The molecule has 7 N–H and O–H groups in total. The van der Waals surface area contributed by atoms with Gasteiger partial charge in [0, 0.05) is 6.42 Å². The predicted molar refractivity (Wildman–Crippen MR) is 148 cm³/mol. The Labute approximate surface area is 229 Å². The van der Waals surface area contributed by atoms with Gasteiger partial charge in [0.05, 0.1) is 6.04 Å². The Morgan fingerprint density at radius 1 is 0.769 bits per heavy atom. The molecular formula is C29H40N4O6. The molecule has 0 saturated carbocycles. The van der Waals surface area contributed by atoms with Crippen LogP contribution in [0.15, 0.2) is 54.6 Å². The minimum absolute atomic E-state index is 0.00744. The maximum Gasteiger partial charge on any atom is 0.326 e. The van der Waals surface area contributed by atoms with Crippen molar-refractivity contribution in [3.63, 3.8) is 0 Å². The van der Waals surface area contributed by atoms with E-state index < -0.39 is 47.9 Å². The molecule has 0 spiro atoms. The molecule has 39 heavy (non-hydrogen) atoms. The van der Waals surface area contributed by atoms with Crippen LogP contribution in [-0.4, -0.2) is 58.1 Å². The number of nitrogens with two attached hydrogens (primary N) is 1. The summed E-state index contributed by atoms with van der Waals surface area (Å²) in [5, 5.41) is 27.1. The number of rotatable bonds is 14. The molecule has 0 heterocycles. The lowest BCUT2D eigenvalue weighted by Gasteiger charge is -2.29. The number of carboxylic acids is 1. The second-order valence-corrected chi connectivity index (χ2v) is 10.2. The number of benzene rings is 2. The number of carboxylic acid groups (broad SMARTS) is 1. The highest BCUT2D eigenvalue weighted by molar-refractivity contribution is 5.94. The topological polar surface area (TPSA) is 171 Å². The molecule has 2 aromatic rings. The van der Waals surface area contributed by atoms with Gasteiger partial charge in [-0.05, 0) is 41.5 Å². The van der Waals surface area contributed by atoms with Crippen molar-refractivity contribution in [2.75, 3.05) is 0 Å². The highest BCUT2D eigenvalue weighted by Gasteiger charge is 2.33. The predicted octanol–water partition coefficient (Wildman–Crippen LogP) is 1.75. The monoisotopic (exact) mass is 540 g/mol. The maximum absolute atomic E-state index is 13.3. The van der Waals surface area contributed by atoms with Crippen LogP contribution in [0.25, 0.3) is 0 Å². The smallest absolute Gasteiger partial charge is 0.326 e. The van der Waals surface area contributed by atoms with E-state index in [9.17, 15) is 29.4 Å². The van der Waals surface area contributed by atoms with E-state index in [1.54, 1.807) is 32.9 Å². The standard InChI is InChI=1S/C29H40N4O6/c1-5-18(4)25(28(37)31-23(29(38)39)16-20-11-13-21(34)14-12-20)33-27(36)24(17(2)3)32-26(35)22(30)15-19-9-7-6-8-10-19/h6-14,17-18,22-25,34H,5,15-16,30H2,1-4H3,(H,31,37)(H,32,35)(H,33,36)(H,38,39). The van der Waals surface area contributed by atoms with Gasteiger partial charge in [0.25, 0.3) is 0 Å². The van der Waals surface area contributed by atoms with Gasteiger partial charge in [-0.15, -0.1) is 0 Å². The molecule has 212 valence electrons. The molecule has 10 heteroatoms. The van der Waals surface area contributed by atoms with E-state index in [2.05, 4.69) is 16.0 Å². The molecule has 5 unspecified atom stereocenters. The lowest BCUT2D eigenvalue weighted by atomic mass is 9.95. The first-order valence-corrected chi connectivity index (χ1v) is 13.1. The van der Waals surface area contributed by atoms with Crippen LogP contribution >= 0.6 is 0 Å². The number of carbonyl (C=O) groups is 4. The van der Waals surface area contributed by atoms with Gasteiger partial charge >= 0.3 is 5.97 Å². The first kappa shape index (κ1) is 31.3. The third-order valence-electron chi connectivity index (χ3n) is 6.67. The summed E-state index contributed by atoms with van der Waals surface area (Å²) >= 11 is 0. The van der Waals surface area contributed by atoms with Crippen molar-refractivity contribution in [3.05, 3.63) is 65.7 Å². The van der Waals surface area contributed by atoms with Crippen LogP contribution < -0.4 is 21.7 Å². The summed E-state index contributed by atoms with van der Waals surface area (Å²) in [5.74, 6) is -3.50. The van der Waals surface area contributed by atoms with E-state index in [0.717, 1.165) is 5.56 Å². The third-order valence-corrected chi connectivity index (χ3v) is 6.67. The van der Waals surface area contributed by atoms with Crippen molar-refractivity contribution < 1.29 is 29.4 Å². The molecule has 2 aromatic carbocycles. The maximum atomic E-state index is 13.3. The second-order valence-electron chi connectivity index (χ2n) is 10.2. The van der Waals surface area contributed by atoms with Crippen LogP contribution in [0.1, 0.15) is 45.2 Å². The highest BCUT2D eigenvalue weighted by atomic mass is 16.4. The Bertz CT molecular complexity index is 1110. The Kier molecular flexibility index (Phi) is 11.9. The summed E-state index contributed by atoms with van der Waals surface area (Å²) in [6.45, 7) is 7.17. The zero-order valence-electron chi connectivity index (χ0n) is 22.9. The average molecular weight is 541 g/mol. The van der Waals surface area contributed by atoms with Gasteiger partial charge in [0.15, 0.2) is 0 Å². The van der Waals surface area contributed by atoms with Crippen molar-refractivity contribution in [2.45, 2.75) is 71.1 Å². The number of phenols is 1. The molecule has 5 atom stereocenters. The van der Waals surface area contributed by atoms with Crippen molar-refractivity contribution in [1.29, 1.82) is 0 Å². The number of aromatic hydroxyl groups is 1. The molecular weight excluding hydrogens is 500 g/mol. The number of phenolic OH excluding ortho intramolecular Hbond substituents is 1. The number of hydrogen-bond acceptors (Lipinski definition) is 6. The summed E-state index contributed by atoms with van der Waals surface area (Å²) < 4.78 is 0. The highest BCUT2D eigenvalue weighted by Crippen LogP contribution is 2.14. The summed E-state index contributed by atoms with van der Waals surface area (Å²) in [6, 6.07) is 11.2. The Morgan fingerprint density at radius 2 is 1.31 bits per heavy atom. The zero-order chi connectivity index (χ0) is 29.1. The lowest BCUT2D eigenvalue weighted by molar-refractivity contribution is -0.142. The molecule has 10 nitrogen and oxygen atoms in total. The van der Waals surface area contributed by atoms with E-state index in [4.69, 9.17) is 5.73 Å². The number of carbonyl (C=O) groups excluding carboxylic acids is 3. The third kappa shape index (κ3) is 9.72. The Hall–Kier alpha value is -3.92. The summed E-state index contributed by atoms with van der Waals surface area (Å²) in [7, 11) is 0. The first-order valence-electron chi connectivity index (χ1n) is 13.1. The van der Waals surface area contributed by atoms with Crippen molar-refractivity contribution >= 4 is 23.7 Å². The van der Waals surface area contributed by atoms with E-state index in [-0.39, 0.29) is 24.0 Å². The average Bonchev–Trinajstić information content (AvgIpc) is 2.90. The molecule has 0 aliphatic heterocycles. The molecule has 0 aromatic heterocycles. The van der Waals surface area contributed by atoms with Crippen LogP contribution in [0, 0.1) is 11.8 Å². The molecule has 0 radical (unpaired) electrons. The fourth-order valence-electron chi connectivity index (χ4n) is 4.03. The SMILES string of the molecule is CCC(C)C(NC(=O)C(NC(=O)C(N)Cc1ccccc1)C(C)C)C(=O)NC(Cc1ccc(O)cc1)C(=O)O. The molecule has 0 fully saturated rings. The van der Waals surface area contributed by atoms with E-state index >= 15 is 0 Å². The van der Waals surface area contributed by atoms with Gasteiger partial charge in [-0.2, -0.15) is 0 Å². The number of aliphatic carboxylic acids is 1. The van der Waals surface area contributed by atoms with Crippen LogP contribution in [-0.2, 0) is 32.0 Å². The van der Waals surface area contributed by atoms with Crippen LogP contribution in [0.2, 0.25) is 0 Å². The van der Waals surface area contributed by atoms with Crippen LogP contribution in [0.4, 0.5) is 0 Å². The van der Waals surface area contributed by atoms with Gasteiger partial charge in [-0.25, -0.2) is 4.79 Å². The molecule has 0 aliphatic rings. The van der Waals surface area contributed by atoms with Crippen molar-refractivity contribution in [2.24, 2.45) is 17.6 Å². The first-order chi connectivity index (χ1) is 18.4. The quantitative estimate of drug-likeness (QED) is 0.212. The normalized spacial score (nSPS) is 14.9. The van der Waals surface area contributed by atoms with E-state index in [1.807, 2.05) is 37.3 Å². The largest absolute Gasteiger partial charge is 0.508 e. The molecule has 2 rings (SSSR count). The van der Waals surface area contributed by atoms with E-state index in [1.165, 1.54) is 12.1 Å². The number of nitrogens with one attached hydrogen (secondary N) is 3. The van der Waals surface area contributed by atoms with Crippen LogP contribution in [0.5, 0.6) is 5.75 Å². The van der Waals surface area contributed by atoms with Crippen LogP contribution in [0.3, 0.4) is 0 Å². The molecule has 0 saturated heterocycles. The minimum Gasteiger partial charge on any atom is -0.508 e. The molecule has 3 amide bonds. The summed E-state index contributed by atoms with van der Waals surface area (Å²) in [6.07, 6.45) is 0.829. The number of amides is 3. The molecule has 0 aliphatic carbocycles. The Morgan fingerprint density at radius 3 is 1.85 bits per heavy atom. The second kappa shape index (κ2) is 14.9. The van der Waals surface area contributed by atoms with Gasteiger partial charge in [-0.3, -0.25) is 14.4 Å². The Balaban J connectivity index is 2.12. The lowest BCUT2D eigenvalue weighted by Crippen LogP contribution is -2.60. The summed E-state index contributed by atoms with van der Waals surface area (Å²) in [5.41, 5.74) is 7.59. The summed E-state index contributed by atoms with van der Waals surface area (Å²) in [4.78, 5) is 51.2. The fraction of sp³-hybridized carbons (Fsp3) is 0.448. The van der Waals surface area contributed by atoms with Gasteiger partial charge in [-0.1, -0.05) is 76.6 Å².